The molecule has 1 amide bonds. The number of amides is 1. The minimum absolute atomic E-state index is 0.106. The molecule has 1 heterocycles. The third kappa shape index (κ3) is 5.64. The first-order valence-corrected chi connectivity index (χ1v) is 10.7. The average molecular weight is 455 g/mol. The van der Waals surface area contributed by atoms with Crippen LogP contribution in [0.5, 0.6) is 5.75 Å². The summed E-state index contributed by atoms with van der Waals surface area (Å²) in [5, 5.41) is 2.73. The van der Waals surface area contributed by atoms with E-state index < -0.39 is 11.9 Å². The third-order valence-corrected chi connectivity index (χ3v) is 5.45. The number of hydrogen-bond acceptors (Lipinski definition) is 6. The molecule has 3 aromatic rings. The van der Waals surface area contributed by atoms with Crippen LogP contribution in [0.2, 0.25) is 0 Å². The minimum atomic E-state index is -0.514. The molecule has 0 radical (unpaired) electrons. The molecule has 32 heavy (non-hydrogen) atoms. The van der Waals surface area contributed by atoms with Crippen LogP contribution in [0.15, 0.2) is 64.5 Å². The third-order valence-electron chi connectivity index (χ3n) is 4.43. The predicted octanol–water partition coefficient (Wildman–Crippen LogP) is 5.51. The molecular formula is C24H23FN2O4S. The van der Waals surface area contributed by atoms with Crippen LogP contribution in [0, 0.1) is 12.7 Å². The summed E-state index contributed by atoms with van der Waals surface area (Å²) in [6, 6.07) is 13.0. The van der Waals surface area contributed by atoms with Crippen LogP contribution in [0.4, 0.5) is 10.2 Å². The molecule has 3 rings (SSSR count). The molecule has 0 saturated carbocycles. The summed E-state index contributed by atoms with van der Waals surface area (Å²) < 4.78 is 24.7. The van der Waals surface area contributed by atoms with Gasteiger partial charge in [-0.3, -0.25) is 4.79 Å². The molecule has 1 N–H and O–H groups in total. The van der Waals surface area contributed by atoms with Crippen LogP contribution in [0.1, 0.15) is 40.1 Å². The van der Waals surface area contributed by atoms with Gasteiger partial charge in [-0.05, 0) is 57.2 Å². The molecule has 6 nitrogen and oxygen atoms in total. The fourth-order valence-corrected chi connectivity index (χ4v) is 3.79. The number of ether oxygens (including phenoxy) is 2. The van der Waals surface area contributed by atoms with Crippen molar-refractivity contribution < 1.29 is 23.5 Å². The summed E-state index contributed by atoms with van der Waals surface area (Å²) >= 11 is 1.21. The van der Waals surface area contributed by atoms with E-state index in [1.54, 1.807) is 37.3 Å². The lowest BCUT2D eigenvalue weighted by atomic mass is 10.1. The smallest absolute Gasteiger partial charge is 0.339 e. The number of rotatable bonds is 7. The van der Waals surface area contributed by atoms with Gasteiger partial charge in [-0.25, -0.2) is 14.2 Å². The molecule has 0 bridgehead atoms. The lowest BCUT2D eigenvalue weighted by molar-refractivity contribution is 0.0600. The van der Waals surface area contributed by atoms with Crippen LogP contribution in [0.3, 0.4) is 0 Å². The normalized spacial score (nSPS) is 10.7. The van der Waals surface area contributed by atoms with Crippen molar-refractivity contribution in [3.8, 4) is 5.75 Å². The molecule has 0 atom stereocenters. The number of carbonyl (C=O) groups is 2. The van der Waals surface area contributed by atoms with Crippen molar-refractivity contribution in [1.82, 2.24) is 4.98 Å². The van der Waals surface area contributed by atoms with Crippen LogP contribution in [-0.2, 0) is 4.74 Å². The van der Waals surface area contributed by atoms with Gasteiger partial charge in [0, 0.05) is 27.1 Å². The van der Waals surface area contributed by atoms with Crippen molar-refractivity contribution in [2.45, 2.75) is 36.7 Å². The Morgan fingerprint density at radius 3 is 2.50 bits per heavy atom. The first kappa shape index (κ1) is 23.3. The van der Waals surface area contributed by atoms with Gasteiger partial charge >= 0.3 is 5.97 Å². The first-order valence-electron chi connectivity index (χ1n) is 9.88. The second-order valence-corrected chi connectivity index (χ2v) is 8.29. The number of anilines is 1. The van der Waals surface area contributed by atoms with Crippen molar-refractivity contribution in [3.05, 3.63) is 77.2 Å². The largest absolute Gasteiger partial charge is 0.491 e. The van der Waals surface area contributed by atoms with Crippen LogP contribution < -0.4 is 10.1 Å². The van der Waals surface area contributed by atoms with Crippen molar-refractivity contribution in [3.63, 3.8) is 0 Å². The summed E-state index contributed by atoms with van der Waals surface area (Å²) in [4.78, 5) is 29.8. The highest BCUT2D eigenvalue weighted by Crippen LogP contribution is 2.35. The van der Waals surface area contributed by atoms with Gasteiger partial charge in [0.15, 0.2) is 0 Å². The second kappa shape index (κ2) is 10.3. The maximum absolute atomic E-state index is 14.2. The number of nitrogens with one attached hydrogen (secondary N) is 1. The minimum Gasteiger partial charge on any atom is -0.491 e. The molecule has 0 unspecified atom stereocenters. The molecule has 0 aliphatic rings. The van der Waals surface area contributed by atoms with Crippen molar-refractivity contribution >= 4 is 29.5 Å². The number of methoxy groups -OCH3 is 1. The van der Waals surface area contributed by atoms with E-state index in [9.17, 15) is 14.0 Å². The van der Waals surface area contributed by atoms with E-state index in [4.69, 9.17) is 4.74 Å². The molecule has 2 aromatic carbocycles. The highest BCUT2D eigenvalue weighted by Gasteiger charge is 2.18. The summed E-state index contributed by atoms with van der Waals surface area (Å²) in [5.41, 5.74) is 1.30. The fourth-order valence-electron chi connectivity index (χ4n) is 2.88. The predicted molar refractivity (Wildman–Crippen MR) is 121 cm³/mol. The van der Waals surface area contributed by atoms with E-state index in [-0.39, 0.29) is 23.3 Å². The summed E-state index contributed by atoms with van der Waals surface area (Å²) in [6.07, 6.45) is 1.22. The number of nitrogens with zero attached hydrogens (tertiary/aromatic N) is 1. The molecule has 0 aliphatic carbocycles. The Morgan fingerprint density at radius 2 is 1.88 bits per heavy atom. The van der Waals surface area contributed by atoms with E-state index >= 15 is 0 Å². The van der Waals surface area contributed by atoms with Gasteiger partial charge < -0.3 is 14.8 Å². The van der Waals surface area contributed by atoms with Gasteiger partial charge in [0.25, 0.3) is 5.91 Å². The number of benzene rings is 2. The Labute approximate surface area is 190 Å². The van der Waals surface area contributed by atoms with E-state index in [1.807, 2.05) is 13.8 Å². The van der Waals surface area contributed by atoms with Gasteiger partial charge in [-0.1, -0.05) is 23.9 Å². The van der Waals surface area contributed by atoms with Gasteiger partial charge in [-0.15, -0.1) is 0 Å². The Balaban J connectivity index is 1.92. The Morgan fingerprint density at radius 1 is 1.12 bits per heavy atom. The van der Waals surface area contributed by atoms with Gasteiger partial charge in [0.1, 0.15) is 17.4 Å². The number of esters is 1. The quantitative estimate of drug-likeness (QED) is 0.475. The monoisotopic (exact) mass is 454 g/mol. The van der Waals surface area contributed by atoms with Gasteiger partial charge in [-0.2, -0.15) is 0 Å². The standard InChI is InChI=1S/C24H23FN2O4S/c1-14(2)31-20-12-17(32-21-8-6-5-7-19(21)25)11-18(15(20)3)23(28)27-22-10-9-16(13-26-22)24(29)30-4/h5-14H,1-4H3,(H,26,27,28). The van der Waals surface area contributed by atoms with Gasteiger partial charge in [0.05, 0.1) is 18.8 Å². The molecular weight excluding hydrogens is 431 g/mol. The lowest BCUT2D eigenvalue weighted by Gasteiger charge is -2.17. The maximum atomic E-state index is 14.2. The Hall–Kier alpha value is -3.39. The number of hydrogen-bond donors (Lipinski definition) is 1. The zero-order valence-electron chi connectivity index (χ0n) is 18.1. The van der Waals surface area contributed by atoms with Gasteiger partial charge in [0.2, 0.25) is 0 Å². The molecule has 0 fully saturated rings. The van der Waals surface area contributed by atoms with Crippen LogP contribution in [0.25, 0.3) is 0 Å². The SMILES string of the molecule is COC(=O)c1ccc(NC(=O)c2cc(Sc3ccccc3F)cc(OC(C)C)c2C)nc1. The average Bonchev–Trinajstić information content (AvgIpc) is 2.77. The summed E-state index contributed by atoms with van der Waals surface area (Å²) in [6.45, 7) is 5.57. The van der Waals surface area contributed by atoms with Crippen molar-refractivity contribution in [1.29, 1.82) is 0 Å². The van der Waals surface area contributed by atoms with E-state index in [1.165, 1.54) is 43.3 Å². The molecule has 8 heteroatoms. The van der Waals surface area contributed by atoms with Crippen LogP contribution >= 0.6 is 11.8 Å². The molecule has 166 valence electrons. The summed E-state index contributed by atoms with van der Waals surface area (Å²) in [5.74, 6) is -0.434. The van der Waals surface area contributed by atoms with E-state index in [0.717, 1.165) is 0 Å². The van der Waals surface area contributed by atoms with Crippen molar-refractivity contribution in [2.24, 2.45) is 0 Å². The summed E-state index contributed by atoms with van der Waals surface area (Å²) in [7, 11) is 1.28. The number of pyridine rings is 1. The highest BCUT2D eigenvalue weighted by atomic mass is 32.2. The molecule has 0 saturated heterocycles. The first-order chi connectivity index (χ1) is 15.3. The number of carbonyl (C=O) groups excluding carboxylic acids is 2. The Kier molecular flexibility index (Phi) is 7.48. The van der Waals surface area contributed by atoms with Crippen LogP contribution in [-0.4, -0.2) is 30.1 Å². The maximum Gasteiger partial charge on any atom is 0.339 e. The lowest BCUT2D eigenvalue weighted by Crippen LogP contribution is -2.16. The zero-order chi connectivity index (χ0) is 23.3. The van der Waals surface area contributed by atoms with Crippen molar-refractivity contribution in [2.75, 3.05) is 12.4 Å². The molecule has 1 aromatic heterocycles. The van der Waals surface area contributed by atoms with E-state index in [2.05, 4.69) is 15.0 Å². The Bertz CT molecular complexity index is 1130. The number of halogens is 1. The second-order valence-electron chi connectivity index (χ2n) is 7.17. The molecule has 0 spiro atoms. The van der Waals surface area contributed by atoms with E-state index in [0.29, 0.717) is 26.7 Å². The molecule has 0 aliphatic heterocycles. The fraction of sp³-hybridized carbons (Fsp3) is 0.208. The zero-order valence-corrected chi connectivity index (χ0v) is 19.0. The number of aromatic nitrogens is 1. The highest BCUT2D eigenvalue weighted by molar-refractivity contribution is 7.99. The topological polar surface area (TPSA) is 77.5 Å².